The van der Waals surface area contributed by atoms with Gasteiger partial charge in [0.2, 0.25) is 0 Å². The molecule has 0 N–H and O–H groups in total. The number of benzene rings is 4. The molecule has 0 spiro atoms. The summed E-state index contributed by atoms with van der Waals surface area (Å²) in [6.07, 6.45) is 18.6. The van der Waals surface area contributed by atoms with Crippen molar-refractivity contribution in [1.82, 2.24) is 28.9 Å². The van der Waals surface area contributed by atoms with Crippen LogP contribution in [0.3, 0.4) is 0 Å². The van der Waals surface area contributed by atoms with Crippen molar-refractivity contribution in [3.8, 4) is 22.9 Å². The number of rotatable bonds is 8. The molecule has 6 aromatic rings. The van der Waals surface area contributed by atoms with Gasteiger partial charge in [0.05, 0.1) is 61.7 Å². The normalized spacial score (nSPS) is 21.8. The van der Waals surface area contributed by atoms with Crippen molar-refractivity contribution >= 4 is 24.0 Å². The van der Waals surface area contributed by atoms with E-state index in [9.17, 15) is 18.4 Å². The first kappa shape index (κ1) is 42.5. The Kier molecular flexibility index (Phi) is 12.0. The highest BCUT2D eigenvalue weighted by Crippen LogP contribution is 2.44. The first-order valence-corrected chi connectivity index (χ1v) is 22.0. The molecule has 4 saturated heterocycles. The average Bonchev–Trinajstić information content (AvgIpc) is 4.14. The van der Waals surface area contributed by atoms with Crippen LogP contribution in [0.15, 0.2) is 121 Å². The molecule has 0 aliphatic carbocycles. The summed E-state index contributed by atoms with van der Waals surface area (Å²) in [6.45, 7) is 3.89. The molecule has 2 aromatic heterocycles. The number of carbonyl (C=O) groups excluding carboxylic acids is 2. The smallest absolute Gasteiger partial charge is 0.250 e. The average molecular weight is 863 g/mol. The molecular formula is C52H52F2N6O4. The van der Waals surface area contributed by atoms with Gasteiger partial charge in [-0.1, -0.05) is 36.4 Å². The van der Waals surface area contributed by atoms with Gasteiger partial charge >= 0.3 is 0 Å². The van der Waals surface area contributed by atoms with Crippen molar-refractivity contribution in [1.29, 1.82) is 0 Å². The van der Waals surface area contributed by atoms with E-state index in [1.807, 2.05) is 93.7 Å². The largest absolute Gasteiger partial charge is 0.495 e. The number of methoxy groups -OCH3 is 2. The molecule has 4 aliphatic heterocycles. The van der Waals surface area contributed by atoms with E-state index < -0.39 is 0 Å². The van der Waals surface area contributed by atoms with Gasteiger partial charge in [-0.3, -0.25) is 9.59 Å². The zero-order valence-corrected chi connectivity index (χ0v) is 36.6. The van der Waals surface area contributed by atoms with Crippen LogP contribution in [0.5, 0.6) is 11.5 Å². The first-order chi connectivity index (χ1) is 31.1. The fourth-order valence-electron chi connectivity index (χ4n) is 9.93. The van der Waals surface area contributed by atoms with Gasteiger partial charge in [-0.2, -0.15) is 0 Å². The molecule has 4 fully saturated rings. The lowest BCUT2D eigenvalue weighted by molar-refractivity contribution is -0.132. The van der Waals surface area contributed by atoms with Crippen molar-refractivity contribution in [2.24, 2.45) is 0 Å². The Bertz CT molecular complexity index is 2550. The zero-order valence-electron chi connectivity index (χ0n) is 36.6. The van der Waals surface area contributed by atoms with Crippen molar-refractivity contribution in [2.45, 2.75) is 89.4 Å². The third kappa shape index (κ3) is 8.61. The molecule has 10 rings (SSSR count). The van der Waals surface area contributed by atoms with Crippen molar-refractivity contribution in [2.75, 3.05) is 14.2 Å². The van der Waals surface area contributed by atoms with Gasteiger partial charge in [0.1, 0.15) is 23.1 Å². The van der Waals surface area contributed by atoms with Crippen LogP contribution in [0, 0.1) is 25.5 Å². The van der Waals surface area contributed by atoms with E-state index in [0.29, 0.717) is 0 Å². The van der Waals surface area contributed by atoms with Crippen LogP contribution in [0.25, 0.3) is 23.5 Å². The number of imidazole rings is 2. The molecule has 10 nitrogen and oxygen atoms in total. The fourth-order valence-corrected chi connectivity index (χ4v) is 9.93. The molecule has 4 aliphatic rings. The van der Waals surface area contributed by atoms with Crippen LogP contribution < -0.4 is 9.47 Å². The minimum atomic E-state index is -0.253. The first-order valence-electron chi connectivity index (χ1n) is 22.0. The van der Waals surface area contributed by atoms with Gasteiger partial charge in [-0.05, 0) is 148 Å². The molecule has 0 saturated carbocycles. The van der Waals surface area contributed by atoms with E-state index in [0.717, 1.165) is 119 Å². The number of ether oxygens (including phenoxy) is 2. The lowest BCUT2D eigenvalue weighted by Crippen LogP contribution is -2.41. The number of aryl methyl sites for hydroxylation is 2. The molecule has 6 heterocycles. The van der Waals surface area contributed by atoms with Crippen LogP contribution >= 0.6 is 0 Å². The second-order valence-corrected chi connectivity index (χ2v) is 17.1. The number of hydrogen-bond donors (Lipinski definition) is 0. The lowest BCUT2D eigenvalue weighted by atomic mass is 9.95. The fraction of sp³-hybridized carbons (Fsp3) is 0.308. The van der Waals surface area contributed by atoms with Gasteiger partial charge in [-0.15, -0.1) is 0 Å². The Morgan fingerprint density at radius 2 is 0.969 bits per heavy atom. The molecule has 328 valence electrons. The molecule has 0 radical (unpaired) electrons. The Hall–Kier alpha value is -6.82. The Morgan fingerprint density at radius 3 is 1.33 bits per heavy atom. The zero-order chi connectivity index (χ0) is 44.5. The third-order valence-corrected chi connectivity index (χ3v) is 13.1. The lowest BCUT2D eigenvalue weighted by Gasteiger charge is -2.35. The van der Waals surface area contributed by atoms with E-state index in [1.54, 1.807) is 51.1 Å². The number of aromatic nitrogens is 4. The molecule has 12 heteroatoms. The molecule has 64 heavy (non-hydrogen) atoms. The summed E-state index contributed by atoms with van der Waals surface area (Å²) in [6, 6.07) is 25.5. The molecular weight excluding hydrogens is 811 g/mol. The van der Waals surface area contributed by atoms with E-state index in [-0.39, 0.29) is 47.6 Å². The predicted octanol–water partition coefficient (Wildman–Crippen LogP) is 10.5. The van der Waals surface area contributed by atoms with Gasteiger partial charge in [0.15, 0.2) is 0 Å². The summed E-state index contributed by atoms with van der Waals surface area (Å²) >= 11 is 0. The number of fused-ring (bicyclic) bond motifs is 2. The van der Waals surface area contributed by atoms with E-state index in [2.05, 4.69) is 9.97 Å². The summed E-state index contributed by atoms with van der Waals surface area (Å²) < 4.78 is 41.9. The highest BCUT2D eigenvalue weighted by Gasteiger charge is 2.43. The van der Waals surface area contributed by atoms with Crippen LogP contribution in [0.2, 0.25) is 0 Å². The summed E-state index contributed by atoms with van der Waals surface area (Å²) in [4.78, 5) is 39.5. The van der Waals surface area contributed by atoms with Crippen LogP contribution in [-0.2, 0) is 9.59 Å². The number of halogens is 2. The monoisotopic (exact) mass is 862 g/mol. The van der Waals surface area contributed by atoms with Crippen LogP contribution in [0.1, 0.15) is 97.1 Å². The van der Waals surface area contributed by atoms with Crippen LogP contribution in [-0.4, -0.2) is 67.0 Å². The van der Waals surface area contributed by atoms with Crippen molar-refractivity contribution < 1.29 is 27.8 Å². The van der Waals surface area contributed by atoms with Gasteiger partial charge in [0, 0.05) is 35.6 Å². The van der Waals surface area contributed by atoms with E-state index in [1.165, 1.54) is 24.3 Å². The second kappa shape index (κ2) is 18.1. The standard InChI is InChI=1S/2C26H26FN3O2/c2*1-17-15-29(16-28-17)24-11-3-18(14-25(24)32-2)13-20-6-9-22-10-12-23(30(22)26(20)31)19-4-7-21(27)8-5-19/h2*3-5,7-8,11,13-16,22-23H,6,9-10,12H2,1-2H3/b2*20-13+/t2*22-,23-/m10/s1. The molecule has 4 atom stereocenters. The van der Waals surface area contributed by atoms with Crippen molar-refractivity contribution in [3.05, 3.63) is 166 Å². The highest BCUT2D eigenvalue weighted by molar-refractivity contribution is 6.00. The summed E-state index contributed by atoms with van der Waals surface area (Å²) in [5.41, 5.74) is 9.16. The maximum Gasteiger partial charge on any atom is 0.250 e. The summed E-state index contributed by atoms with van der Waals surface area (Å²) in [5, 5.41) is 0. The summed E-state index contributed by atoms with van der Waals surface area (Å²) in [7, 11) is 3.29. The summed E-state index contributed by atoms with van der Waals surface area (Å²) in [5.74, 6) is 1.11. The number of piperidine rings is 2. The SMILES string of the molecule is COc1cc(/C=C2\CC[C@@H]3CC[C@H](c4ccc(F)cc4)N3C2=O)ccc1-n1cnc(C)c1.COc1cc(/C=C2\CC[C@H]3CC[C@@H](c4ccc(F)cc4)N3C2=O)ccc1-n1cnc(C)c1. The molecule has 4 aromatic carbocycles. The number of nitrogens with zero attached hydrogens (tertiary/aromatic N) is 6. The minimum absolute atomic E-state index is 0.0122. The van der Waals surface area contributed by atoms with Crippen LogP contribution in [0.4, 0.5) is 8.78 Å². The topological polar surface area (TPSA) is 94.7 Å². The van der Waals surface area contributed by atoms with Crippen molar-refractivity contribution in [3.63, 3.8) is 0 Å². The quantitative estimate of drug-likeness (QED) is 0.142. The Labute approximate surface area is 372 Å². The van der Waals surface area contributed by atoms with Gasteiger partial charge < -0.3 is 28.4 Å². The maximum atomic E-state index is 13.4. The molecule has 0 unspecified atom stereocenters. The van der Waals surface area contributed by atoms with Gasteiger partial charge in [0.25, 0.3) is 11.8 Å². The second-order valence-electron chi connectivity index (χ2n) is 17.1. The third-order valence-electron chi connectivity index (χ3n) is 13.1. The Morgan fingerprint density at radius 1 is 0.562 bits per heavy atom. The van der Waals surface area contributed by atoms with Gasteiger partial charge in [-0.25, -0.2) is 18.7 Å². The minimum Gasteiger partial charge on any atom is -0.495 e. The van der Waals surface area contributed by atoms with E-state index >= 15 is 0 Å². The molecule has 0 bridgehead atoms. The number of hydrogen-bond acceptors (Lipinski definition) is 6. The highest BCUT2D eigenvalue weighted by atomic mass is 19.1. The predicted molar refractivity (Wildman–Crippen MR) is 242 cm³/mol. The molecule has 2 amide bonds. The number of amides is 2. The Balaban J connectivity index is 0.000000162. The maximum absolute atomic E-state index is 13.4. The van der Waals surface area contributed by atoms with E-state index in [4.69, 9.17) is 9.47 Å². The number of carbonyl (C=O) groups is 2.